The lowest BCUT2D eigenvalue weighted by molar-refractivity contribution is -0.340. The van der Waals surface area contributed by atoms with Crippen LogP contribution in [0.2, 0.25) is 0 Å². The molecule has 4 fully saturated rings. The Balaban J connectivity index is 0.00000142. The third kappa shape index (κ3) is 44.4. The Hall–Kier alpha value is -0.960. The molecule has 0 N–H and O–H groups in total. The Labute approximate surface area is 666 Å². The fraction of sp³-hybridized carbons (Fsp3) is 1.00. The van der Waals surface area contributed by atoms with Crippen LogP contribution < -0.4 is 0 Å². The molecule has 0 aliphatic carbocycles. The van der Waals surface area contributed by atoms with E-state index in [4.69, 9.17) is 114 Å². The quantitative estimate of drug-likeness (QED) is 0.0553. The highest BCUT2D eigenvalue weighted by Crippen LogP contribution is 2.37. The van der Waals surface area contributed by atoms with Crippen molar-refractivity contribution in [3.63, 3.8) is 0 Å². The van der Waals surface area contributed by atoms with Crippen LogP contribution >= 0.6 is 0 Å². The maximum Gasteiger partial charge on any atom is 0.187 e. The van der Waals surface area contributed by atoms with Crippen LogP contribution in [0.5, 0.6) is 0 Å². The zero-order valence-electron chi connectivity index (χ0n) is 75.7. The predicted molar refractivity (Wildman–Crippen MR) is 431 cm³/mol. The molecule has 4 aliphatic rings. The van der Waals surface area contributed by atoms with Gasteiger partial charge in [0.2, 0.25) is 0 Å². The van der Waals surface area contributed by atoms with Crippen LogP contribution in [0.25, 0.3) is 0 Å². The van der Waals surface area contributed by atoms with E-state index in [9.17, 15) is 0 Å². The summed E-state index contributed by atoms with van der Waals surface area (Å²) in [4.78, 5) is 0. The molecule has 0 spiro atoms. The Kier molecular flexibility index (Phi) is 55.2. The van der Waals surface area contributed by atoms with Crippen LogP contribution in [0.3, 0.4) is 0 Å². The summed E-state index contributed by atoms with van der Waals surface area (Å²) in [5.74, 6) is 0. The van der Waals surface area contributed by atoms with Crippen molar-refractivity contribution in [3.05, 3.63) is 0 Å². The van der Waals surface area contributed by atoms with Gasteiger partial charge in [-0.05, 0) is 277 Å². The van der Waals surface area contributed by atoms with E-state index >= 15 is 0 Å². The molecule has 7 unspecified atom stereocenters. The van der Waals surface area contributed by atoms with E-state index in [1.807, 2.05) is 277 Å². The highest BCUT2D eigenvalue weighted by atomic mass is 16.8. The number of hydrogen-bond acceptors (Lipinski definition) is 24. The van der Waals surface area contributed by atoms with Crippen LogP contribution in [-0.4, -0.2) is 271 Å². The Morgan fingerprint density at radius 3 is 0.367 bits per heavy atom. The van der Waals surface area contributed by atoms with Gasteiger partial charge in [0, 0.05) is 0 Å². The first-order valence-corrected chi connectivity index (χ1v) is 41.6. The maximum absolute atomic E-state index is 6.31. The zero-order chi connectivity index (χ0) is 82.9. The average molecular weight is 1580 g/mol. The second kappa shape index (κ2) is 55.7. The fourth-order valence-electron chi connectivity index (χ4n) is 12.3. The number of hydrogen-bond donors (Lipinski definition) is 0. The molecular weight excluding hydrogens is 1400 g/mol. The standard InChI is InChI=1S/4C21H42O6.CH4/c4*1-12(2)22-11-17-18(23-13(3)4)19(24-14(5)6)20(25-15(7)8)21(27-17)26-16(9)10;/h4*12-21H,11H2,1-10H3;1H4/t17-,18+,19+,20-,21-;17-,18-,19+,20+,21?;17-,18-,19-,20-,21?;;/m111../s1. The molecule has 109 heavy (non-hydrogen) atoms. The van der Waals surface area contributed by atoms with E-state index in [1.165, 1.54) is 0 Å². The fourth-order valence-corrected chi connectivity index (χ4v) is 12.3. The van der Waals surface area contributed by atoms with E-state index < -0.39 is 25.2 Å². The van der Waals surface area contributed by atoms with E-state index in [-0.39, 0.29) is 227 Å². The van der Waals surface area contributed by atoms with Gasteiger partial charge in [-0.15, -0.1) is 0 Å². The van der Waals surface area contributed by atoms with Gasteiger partial charge < -0.3 is 114 Å². The predicted octanol–water partition coefficient (Wildman–Crippen LogP) is 16.4. The van der Waals surface area contributed by atoms with Crippen molar-refractivity contribution in [1.29, 1.82) is 0 Å². The summed E-state index contributed by atoms with van der Waals surface area (Å²) in [5.41, 5.74) is 0. The molecule has 4 saturated heterocycles. The normalized spacial score (nSPS) is 29.4. The van der Waals surface area contributed by atoms with Gasteiger partial charge in [0.05, 0.1) is 149 Å². The van der Waals surface area contributed by atoms with Gasteiger partial charge in [0.1, 0.15) is 97.7 Å². The van der Waals surface area contributed by atoms with Crippen molar-refractivity contribution in [1.82, 2.24) is 0 Å². The molecule has 4 aliphatic heterocycles. The third-order valence-electron chi connectivity index (χ3n) is 15.5. The van der Waals surface area contributed by atoms with E-state index in [1.54, 1.807) is 0 Å². The van der Waals surface area contributed by atoms with Crippen LogP contribution in [0.4, 0.5) is 0 Å². The van der Waals surface area contributed by atoms with Gasteiger partial charge in [-0.1, -0.05) is 7.43 Å². The summed E-state index contributed by atoms with van der Waals surface area (Å²) < 4.78 is 148. The Bertz CT molecular complexity index is 1880. The van der Waals surface area contributed by atoms with Crippen LogP contribution in [-0.2, 0) is 114 Å². The minimum absolute atomic E-state index is 0. The minimum Gasteiger partial charge on any atom is -0.376 e. The molecule has 0 aromatic carbocycles. The van der Waals surface area contributed by atoms with Crippen molar-refractivity contribution < 1.29 is 114 Å². The molecular formula is C85H172O24. The summed E-state index contributed by atoms with van der Waals surface area (Å²) in [6.07, 6.45) is -6.64. The molecule has 4 rings (SSSR count). The highest BCUT2D eigenvalue weighted by molar-refractivity contribution is 4.98. The van der Waals surface area contributed by atoms with Gasteiger partial charge >= 0.3 is 0 Å². The largest absolute Gasteiger partial charge is 0.376 e. The summed E-state index contributed by atoms with van der Waals surface area (Å²) in [6, 6.07) is 0. The molecule has 4 heterocycles. The van der Waals surface area contributed by atoms with Crippen molar-refractivity contribution >= 4 is 0 Å². The minimum atomic E-state index is -0.538. The van der Waals surface area contributed by atoms with Crippen molar-refractivity contribution in [2.45, 2.75) is 529 Å². The van der Waals surface area contributed by atoms with Crippen molar-refractivity contribution in [2.75, 3.05) is 26.4 Å². The van der Waals surface area contributed by atoms with Gasteiger partial charge in [-0.3, -0.25) is 0 Å². The topological polar surface area (TPSA) is 222 Å². The Morgan fingerprint density at radius 2 is 0.257 bits per heavy atom. The number of rotatable bonds is 44. The summed E-state index contributed by atoms with van der Waals surface area (Å²) in [5, 5.41) is 0. The third-order valence-corrected chi connectivity index (χ3v) is 15.5. The van der Waals surface area contributed by atoms with Crippen LogP contribution in [0.1, 0.15) is 284 Å². The molecule has 24 heteroatoms. The molecule has 0 amide bonds. The molecule has 0 aromatic rings. The lowest BCUT2D eigenvalue weighted by Crippen LogP contribution is -2.63. The van der Waals surface area contributed by atoms with Gasteiger partial charge in [0.15, 0.2) is 25.2 Å². The SMILES string of the molecule is C.CC(C)OCC1OC(OC(C)C)C(OC(C)C)C(OC(C)C)C1OC(C)C.CC(C)OC[C@H]1OC(OC(C)C)[C@@H](OC(C)C)[C@@H](OC(C)C)[C@@H]1OC(C)C.CC(C)OC[C@H]1OC(OC(C)C)[C@H](OC(C)C)[C@H](OC(C)C)[C@@H]1OC(C)C.CC(C)OC[C@H]1O[C@@H](OC(C)C)[C@H](OC(C)C)[C@@H](OC(C)C)[C@H]1OC(C)C. The molecule has 0 radical (unpaired) electrons. The van der Waals surface area contributed by atoms with Gasteiger partial charge in [0.25, 0.3) is 0 Å². The average Bonchev–Trinajstić information content (AvgIpc) is 0.809. The molecule has 0 saturated carbocycles. The second-order valence-corrected chi connectivity index (χ2v) is 34.2. The van der Waals surface area contributed by atoms with E-state index in [0.717, 1.165) is 0 Å². The lowest BCUT2D eigenvalue weighted by Gasteiger charge is -2.47. The molecule has 0 bridgehead atoms. The van der Waals surface area contributed by atoms with E-state index in [2.05, 4.69) is 0 Å². The van der Waals surface area contributed by atoms with E-state index in [0.29, 0.717) is 26.4 Å². The van der Waals surface area contributed by atoms with Crippen molar-refractivity contribution in [3.8, 4) is 0 Å². The molecule has 20 atom stereocenters. The zero-order valence-corrected chi connectivity index (χ0v) is 75.7. The summed E-state index contributed by atoms with van der Waals surface area (Å²) >= 11 is 0. The molecule has 656 valence electrons. The first kappa shape index (κ1) is 108. The van der Waals surface area contributed by atoms with Crippen LogP contribution in [0.15, 0.2) is 0 Å². The number of ether oxygens (including phenoxy) is 24. The summed E-state index contributed by atoms with van der Waals surface area (Å²) in [7, 11) is 0. The van der Waals surface area contributed by atoms with Crippen molar-refractivity contribution in [2.24, 2.45) is 0 Å². The van der Waals surface area contributed by atoms with Gasteiger partial charge in [-0.2, -0.15) is 0 Å². The first-order valence-electron chi connectivity index (χ1n) is 41.6. The maximum atomic E-state index is 6.31. The summed E-state index contributed by atoms with van der Waals surface area (Å²) in [6.45, 7) is 82.0. The first-order chi connectivity index (χ1) is 50.0. The monoisotopic (exact) mass is 1580 g/mol. The lowest BCUT2D eigenvalue weighted by atomic mass is 9.97. The smallest absolute Gasteiger partial charge is 0.187 e. The van der Waals surface area contributed by atoms with Gasteiger partial charge in [-0.25, -0.2) is 0 Å². The second-order valence-electron chi connectivity index (χ2n) is 34.2. The molecule has 0 aromatic heterocycles. The van der Waals surface area contributed by atoms with Crippen LogP contribution in [0, 0.1) is 0 Å². The molecule has 24 nitrogen and oxygen atoms in total. The Morgan fingerprint density at radius 1 is 0.147 bits per heavy atom. The highest BCUT2D eigenvalue weighted by Gasteiger charge is 2.55.